The van der Waals surface area contributed by atoms with Crippen molar-refractivity contribution in [3.8, 4) is 5.75 Å². The summed E-state index contributed by atoms with van der Waals surface area (Å²) < 4.78 is 5.88. The SMILES string of the molecule is CCC(Oc1ccc2c(c1)NC(=O)CC2)N(O)C(C)(C)C.Cl. The van der Waals surface area contributed by atoms with E-state index in [0.717, 1.165) is 17.7 Å². The second kappa shape index (κ2) is 7.31. The fraction of sp³-hybridized carbons (Fsp3) is 0.562. The monoisotopic (exact) mass is 328 g/mol. The van der Waals surface area contributed by atoms with Crippen molar-refractivity contribution in [1.82, 2.24) is 5.06 Å². The molecule has 0 radical (unpaired) electrons. The number of rotatable bonds is 4. The molecule has 0 aliphatic carbocycles. The second-order valence-electron chi connectivity index (χ2n) is 6.36. The first-order valence-corrected chi connectivity index (χ1v) is 7.39. The molecule has 1 unspecified atom stereocenters. The number of hydroxylamine groups is 2. The van der Waals surface area contributed by atoms with Crippen LogP contribution in [0.15, 0.2) is 18.2 Å². The Hall–Kier alpha value is -1.30. The molecule has 6 heteroatoms. The van der Waals surface area contributed by atoms with E-state index in [1.54, 1.807) is 0 Å². The lowest BCUT2D eigenvalue weighted by Gasteiger charge is -2.35. The molecule has 1 amide bonds. The number of benzene rings is 1. The average molecular weight is 329 g/mol. The highest BCUT2D eigenvalue weighted by Crippen LogP contribution is 2.29. The van der Waals surface area contributed by atoms with E-state index in [1.165, 1.54) is 5.06 Å². The maximum atomic E-state index is 11.5. The third-order valence-electron chi connectivity index (χ3n) is 3.56. The normalized spacial score (nSPS) is 15.6. The number of anilines is 1. The Labute approximate surface area is 138 Å². The molecular formula is C16H25ClN2O3. The van der Waals surface area contributed by atoms with Crippen molar-refractivity contribution in [2.24, 2.45) is 0 Å². The van der Waals surface area contributed by atoms with Crippen LogP contribution >= 0.6 is 12.4 Å². The Morgan fingerprint density at radius 3 is 2.64 bits per heavy atom. The number of hydrogen-bond acceptors (Lipinski definition) is 4. The molecule has 0 aromatic heterocycles. The Kier molecular flexibility index (Phi) is 6.23. The summed E-state index contributed by atoms with van der Waals surface area (Å²) >= 11 is 0. The van der Waals surface area contributed by atoms with Crippen molar-refractivity contribution in [3.05, 3.63) is 23.8 Å². The summed E-state index contributed by atoms with van der Waals surface area (Å²) in [5, 5.41) is 14.3. The molecule has 22 heavy (non-hydrogen) atoms. The van der Waals surface area contributed by atoms with E-state index in [9.17, 15) is 10.0 Å². The molecule has 0 fully saturated rings. The molecule has 2 rings (SSSR count). The quantitative estimate of drug-likeness (QED) is 0.655. The lowest BCUT2D eigenvalue weighted by molar-refractivity contribution is -0.235. The standard InChI is InChI=1S/C16H24N2O3.ClH/c1-5-15(18(20)16(2,3)4)21-12-8-6-11-7-9-14(19)17-13(11)10-12;/h6,8,10,15,20H,5,7,9H2,1-4H3,(H,17,19);1H. The van der Waals surface area contributed by atoms with Gasteiger partial charge in [-0.05, 0) is 45.2 Å². The van der Waals surface area contributed by atoms with E-state index < -0.39 is 11.8 Å². The summed E-state index contributed by atoms with van der Waals surface area (Å²) in [6.45, 7) is 7.73. The van der Waals surface area contributed by atoms with Crippen molar-refractivity contribution in [2.75, 3.05) is 5.32 Å². The number of ether oxygens (including phenoxy) is 1. The molecule has 1 heterocycles. The number of nitrogens with zero attached hydrogens (tertiary/aromatic N) is 1. The molecule has 1 aromatic carbocycles. The van der Waals surface area contributed by atoms with E-state index in [-0.39, 0.29) is 18.3 Å². The van der Waals surface area contributed by atoms with Crippen molar-refractivity contribution in [3.63, 3.8) is 0 Å². The van der Waals surface area contributed by atoms with Gasteiger partial charge in [0.15, 0.2) is 6.23 Å². The van der Waals surface area contributed by atoms with Crippen molar-refractivity contribution >= 4 is 24.0 Å². The van der Waals surface area contributed by atoms with Gasteiger partial charge in [0.2, 0.25) is 5.91 Å². The first-order valence-electron chi connectivity index (χ1n) is 7.39. The summed E-state index contributed by atoms with van der Waals surface area (Å²) in [6.07, 6.45) is 1.51. The number of fused-ring (bicyclic) bond motifs is 1. The van der Waals surface area contributed by atoms with Gasteiger partial charge in [-0.15, -0.1) is 17.5 Å². The number of nitrogens with one attached hydrogen (secondary N) is 1. The van der Waals surface area contributed by atoms with Crippen LogP contribution in [0.2, 0.25) is 0 Å². The van der Waals surface area contributed by atoms with Gasteiger partial charge in [0, 0.05) is 23.7 Å². The predicted molar refractivity (Wildman–Crippen MR) is 88.7 cm³/mol. The van der Waals surface area contributed by atoms with E-state index in [4.69, 9.17) is 4.74 Å². The van der Waals surface area contributed by atoms with E-state index >= 15 is 0 Å². The number of halogens is 1. The van der Waals surface area contributed by atoms with Crippen molar-refractivity contribution in [1.29, 1.82) is 0 Å². The summed E-state index contributed by atoms with van der Waals surface area (Å²) in [5.74, 6) is 0.677. The van der Waals surface area contributed by atoms with Gasteiger partial charge >= 0.3 is 0 Å². The lowest BCUT2D eigenvalue weighted by atomic mass is 10.0. The van der Waals surface area contributed by atoms with Crippen LogP contribution in [0.5, 0.6) is 5.75 Å². The van der Waals surface area contributed by atoms with Crippen molar-refractivity contribution < 1.29 is 14.7 Å². The number of carbonyl (C=O) groups excluding carboxylic acids is 1. The Balaban J connectivity index is 0.00000242. The molecule has 2 N–H and O–H groups in total. The van der Waals surface area contributed by atoms with Gasteiger partial charge in [-0.2, -0.15) is 0 Å². The molecule has 1 atom stereocenters. The van der Waals surface area contributed by atoms with Crippen LogP contribution in [0, 0.1) is 0 Å². The second-order valence-corrected chi connectivity index (χ2v) is 6.36. The number of hydrogen-bond donors (Lipinski definition) is 2. The summed E-state index contributed by atoms with van der Waals surface area (Å²) in [7, 11) is 0. The Morgan fingerprint density at radius 1 is 1.36 bits per heavy atom. The van der Waals surface area contributed by atoms with Crippen LogP contribution in [0.1, 0.15) is 46.1 Å². The molecule has 0 saturated carbocycles. The fourth-order valence-corrected chi connectivity index (χ4v) is 2.32. The average Bonchev–Trinajstić information content (AvgIpc) is 2.42. The van der Waals surface area contributed by atoms with E-state index in [1.807, 2.05) is 45.9 Å². The van der Waals surface area contributed by atoms with Crippen LogP contribution in [0.3, 0.4) is 0 Å². The van der Waals surface area contributed by atoms with Gasteiger partial charge in [-0.1, -0.05) is 13.0 Å². The molecular weight excluding hydrogens is 304 g/mol. The minimum atomic E-state index is -0.428. The highest BCUT2D eigenvalue weighted by atomic mass is 35.5. The van der Waals surface area contributed by atoms with Crippen LogP contribution in [0.25, 0.3) is 0 Å². The third-order valence-corrected chi connectivity index (χ3v) is 3.56. The molecule has 0 bridgehead atoms. The minimum Gasteiger partial charge on any atom is -0.473 e. The molecule has 5 nitrogen and oxygen atoms in total. The highest BCUT2D eigenvalue weighted by molar-refractivity contribution is 5.94. The lowest BCUT2D eigenvalue weighted by Crippen LogP contribution is -2.48. The van der Waals surface area contributed by atoms with E-state index in [2.05, 4.69) is 5.32 Å². The maximum absolute atomic E-state index is 11.5. The van der Waals surface area contributed by atoms with Gasteiger partial charge in [0.25, 0.3) is 0 Å². The number of aryl methyl sites for hydroxylation is 1. The first-order chi connectivity index (χ1) is 9.81. The fourth-order valence-electron chi connectivity index (χ4n) is 2.32. The first kappa shape index (κ1) is 18.7. The van der Waals surface area contributed by atoms with Crippen molar-refractivity contribution in [2.45, 2.75) is 58.7 Å². The zero-order chi connectivity index (χ0) is 15.6. The van der Waals surface area contributed by atoms with Gasteiger partial charge in [0.05, 0.1) is 0 Å². The summed E-state index contributed by atoms with van der Waals surface area (Å²) in [6, 6.07) is 5.68. The van der Waals surface area contributed by atoms with Gasteiger partial charge in [0.1, 0.15) is 5.75 Å². The van der Waals surface area contributed by atoms with Gasteiger partial charge in [-0.3, -0.25) is 4.79 Å². The summed E-state index contributed by atoms with van der Waals surface area (Å²) in [4.78, 5) is 11.5. The Morgan fingerprint density at radius 2 is 2.05 bits per heavy atom. The molecule has 0 saturated heterocycles. The van der Waals surface area contributed by atoms with E-state index in [0.29, 0.717) is 18.6 Å². The minimum absolute atomic E-state index is 0. The van der Waals surface area contributed by atoms with Crippen LogP contribution in [-0.4, -0.2) is 27.9 Å². The smallest absolute Gasteiger partial charge is 0.224 e. The molecule has 0 spiro atoms. The third kappa shape index (κ3) is 4.35. The topological polar surface area (TPSA) is 61.8 Å². The molecule has 124 valence electrons. The van der Waals surface area contributed by atoms with Crippen LogP contribution in [-0.2, 0) is 11.2 Å². The largest absolute Gasteiger partial charge is 0.473 e. The zero-order valence-electron chi connectivity index (χ0n) is 13.5. The zero-order valence-corrected chi connectivity index (χ0v) is 14.4. The Bertz CT molecular complexity index is 529. The van der Waals surface area contributed by atoms with Gasteiger partial charge in [-0.25, -0.2) is 0 Å². The summed E-state index contributed by atoms with van der Waals surface area (Å²) in [5.41, 5.74) is 1.52. The van der Waals surface area contributed by atoms with Crippen LogP contribution in [0.4, 0.5) is 5.69 Å². The maximum Gasteiger partial charge on any atom is 0.224 e. The van der Waals surface area contributed by atoms with Crippen LogP contribution < -0.4 is 10.1 Å². The highest BCUT2D eigenvalue weighted by Gasteiger charge is 2.28. The number of amides is 1. The number of carbonyl (C=O) groups is 1. The van der Waals surface area contributed by atoms with Gasteiger partial charge < -0.3 is 15.3 Å². The molecule has 1 aliphatic rings. The molecule has 1 aliphatic heterocycles. The predicted octanol–water partition coefficient (Wildman–Crippen LogP) is 3.60. The molecule has 1 aromatic rings.